The standard InChI is InChI=1S/C18H16N2O3/c1-11-3-2-4-14-13(11)10-15(20-14)18(21)19-12-5-6-16-17(9-12)23-8-7-22-16/h2-6,9-10,20H,7-8H2,1H3,(H,19,21). The van der Waals surface area contributed by atoms with Crippen LogP contribution in [-0.4, -0.2) is 24.1 Å². The number of H-pyrrole nitrogens is 1. The molecule has 116 valence electrons. The van der Waals surface area contributed by atoms with E-state index >= 15 is 0 Å². The number of amides is 1. The maximum Gasteiger partial charge on any atom is 0.272 e. The summed E-state index contributed by atoms with van der Waals surface area (Å²) in [6.07, 6.45) is 0. The lowest BCUT2D eigenvalue weighted by Gasteiger charge is -2.18. The molecule has 1 aromatic heterocycles. The van der Waals surface area contributed by atoms with Gasteiger partial charge in [0.15, 0.2) is 11.5 Å². The zero-order valence-corrected chi connectivity index (χ0v) is 12.7. The second-order valence-electron chi connectivity index (χ2n) is 5.53. The molecule has 23 heavy (non-hydrogen) atoms. The number of ether oxygens (including phenoxy) is 2. The number of carbonyl (C=O) groups is 1. The van der Waals surface area contributed by atoms with E-state index in [4.69, 9.17) is 9.47 Å². The summed E-state index contributed by atoms with van der Waals surface area (Å²) in [7, 11) is 0. The molecule has 0 radical (unpaired) electrons. The SMILES string of the molecule is Cc1cccc2[nH]c(C(=O)Nc3ccc4c(c3)OCCO4)cc12. The lowest BCUT2D eigenvalue weighted by atomic mass is 10.1. The van der Waals surface area contributed by atoms with Gasteiger partial charge in [-0.3, -0.25) is 4.79 Å². The summed E-state index contributed by atoms with van der Waals surface area (Å²) in [5, 5.41) is 3.94. The molecule has 1 amide bonds. The van der Waals surface area contributed by atoms with Gasteiger partial charge >= 0.3 is 0 Å². The van der Waals surface area contributed by atoms with Crippen molar-refractivity contribution in [3.63, 3.8) is 0 Å². The highest BCUT2D eigenvalue weighted by Crippen LogP contribution is 2.32. The Morgan fingerprint density at radius 1 is 1.09 bits per heavy atom. The number of fused-ring (bicyclic) bond motifs is 2. The van der Waals surface area contributed by atoms with E-state index in [1.807, 2.05) is 31.2 Å². The van der Waals surface area contributed by atoms with Crippen LogP contribution < -0.4 is 14.8 Å². The number of benzene rings is 2. The van der Waals surface area contributed by atoms with Crippen molar-refractivity contribution in [2.75, 3.05) is 18.5 Å². The Kier molecular flexibility index (Phi) is 3.19. The molecule has 2 heterocycles. The number of nitrogens with one attached hydrogen (secondary N) is 2. The summed E-state index contributed by atoms with van der Waals surface area (Å²) in [5.74, 6) is 1.18. The molecule has 0 spiro atoms. The lowest BCUT2D eigenvalue weighted by molar-refractivity contribution is 0.102. The molecule has 3 aromatic rings. The molecule has 0 aliphatic carbocycles. The molecule has 0 bridgehead atoms. The summed E-state index contributed by atoms with van der Waals surface area (Å²) in [6.45, 7) is 3.09. The fourth-order valence-corrected chi connectivity index (χ4v) is 2.75. The highest BCUT2D eigenvalue weighted by molar-refractivity contribution is 6.06. The van der Waals surface area contributed by atoms with Crippen molar-refractivity contribution in [3.8, 4) is 11.5 Å². The number of carbonyl (C=O) groups excluding carboxylic acids is 1. The molecule has 2 aromatic carbocycles. The molecule has 5 heteroatoms. The molecule has 1 aliphatic heterocycles. The minimum atomic E-state index is -0.183. The van der Waals surface area contributed by atoms with Gasteiger partial charge in [0.05, 0.1) is 0 Å². The first kappa shape index (κ1) is 13.7. The average Bonchev–Trinajstić information content (AvgIpc) is 3.01. The molecule has 5 nitrogen and oxygen atoms in total. The highest BCUT2D eigenvalue weighted by atomic mass is 16.6. The van der Waals surface area contributed by atoms with Gasteiger partial charge in [-0.15, -0.1) is 0 Å². The van der Waals surface area contributed by atoms with Crippen LogP contribution in [0.1, 0.15) is 16.1 Å². The van der Waals surface area contributed by atoms with E-state index in [2.05, 4.69) is 10.3 Å². The third kappa shape index (κ3) is 2.50. The fourth-order valence-electron chi connectivity index (χ4n) is 2.75. The first-order valence-corrected chi connectivity index (χ1v) is 7.50. The number of hydrogen-bond acceptors (Lipinski definition) is 3. The highest BCUT2D eigenvalue weighted by Gasteiger charge is 2.14. The molecule has 0 saturated carbocycles. The van der Waals surface area contributed by atoms with Crippen LogP contribution >= 0.6 is 0 Å². The number of aromatic nitrogens is 1. The Morgan fingerprint density at radius 3 is 2.74 bits per heavy atom. The number of rotatable bonds is 2. The summed E-state index contributed by atoms with van der Waals surface area (Å²) in [6, 6.07) is 13.2. The Balaban J connectivity index is 1.60. The van der Waals surface area contributed by atoms with Crippen LogP contribution in [0.2, 0.25) is 0 Å². The van der Waals surface area contributed by atoms with Crippen molar-refractivity contribution < 1.29 is 14.3 Å². The Hall–Kier alpha value is -2.95. The van der Waals surface area contributed by atoms with Crippen LogP contribution in [0, 0.1) is 6.92 Å². The van der Waals surface area contributed by atoms with E-state index in [0.29, 0.717) is 36.1 Å². The zero-order chi connectivity index (χ0) is 15.8. The van der Waals surface area contributed by atoms with Gasteiger partial charge in [0.1, 0.15) is 18.9 Å². The van der Waals surface area contributed by atoms with Crippen LogP contribution in [0.3, 0.4) is 0 Å². The van der Waals surface area contributed by atoms with Crippen LogP contribution in [0.15, 0.2) is 42.5 Å². The largest absolute Gasteiger partial charge is 0.486 e. The normalized spacial score (nSPS) is 13.1. The number of anilines is 1. The summed E-state index contributed by atoms with van der Waals surface area (Å²) >= 11 is 0. The number of aryl methyl sites for hydroxylation is 1. The minimum absolute atomic E-state index is 0.183. The van der Waals surface area contributed by atoms with Crippen molar-refractivity contribution in [3.05, 3.63) is 53.7 Å². The lowest BCUT2D eigenvalue weighted by Crippen LogP contribution is -2.16. The first-order valence-electron chi connectivity index (χ1n) is 7.50. The van der Waals surface area contributed by atoms with Gasteiger partial charge in [0, 0.05) is 22.7 Å². The minimum Gasteiger partial charge on any atom is -0.486 e. The Morgan fingerprint density at radius 2 is 1.91 bits per heavy atom. The van der Waals surface area contributed by atoms with E-state index < -0.39 is 0 Å². The van der Waals surface area contributed by atoms with E-state index in [-0.39, 0.29) is 5.91 Å². The molecule has 4 rings (SSSR count). The molecule has 2 N–H and O–H groups in total. The van der Waals surface area contributed by atoms with Crippen LogP contribution in [0.5, 0.6) is 11.5 Å². The molecule has 1 aliphatic rings. The van der Waals surface area contributed by atoms with Gasteiger partial charge in [-0.25, -0.2) is 0 Å². The van der Waals surface area contributed by atoms with E-state index in [1.54, 1.807) is 18.2 Å². The van der Waals surface area contributed by atoms with E-state index in [0.717, 1.165) is 16.5 Å². The van der Waals surface area contributed by atoms with Crippen LogP contribution in [-0.2, 0) is 0 Å². The van der Waals surface area contributed by atoms with E-state index in [1.165, 1.54) is 0 Å². The second kappa shape index (κ2) is 5.35. The summed E-state index contributed by atoms with van der Waals surface area (Å²) < 4.78 is 11.0. The fraction of sp³-hybridized carbons (Fsp3) is 0.167. The zero-order valence-electron chi connectivity index (χ0n) is 12.7. The smallest absolute Gasteiger partial charge is 0.272 e. The van der Waals surface area contributed by atoms with Gasteiger partial charge in [0.25, 0.3) is 5.91 Å². The average molecular weight is 308 g/mol. The Bertz CT molecular complexity index is 898. The summed E-state index contributed by atoms with van der Waals surface area (Å²) in [4.78, 5) is 15.6. The third-order valence-electron chi connectivity index (χ3n) is 3.93. The molecular weight excluding hydrogens is 292 g/mol. The van der Waals surface area contributed by atoms with Crippen molar-refractivity contribution in [1.29, 1.82) is 0 Å². The molecule has 0 unspecified atom stereocenters. The third-order valence-corrected chi connectivity index (χ3v) is 3.93. The second-order valence-corrected chi connectivity index (χ2v) is 5.53. The van der Waals surface area contributed by atoms with Crippen molar-refractivity contribution in [2.45, 2.75) is 6.92 Å². The van der Waals surface area contributed by atoms with Crippen molar-refractivity contribution in [2.24, 2.45) is 0 Å². The molecule has 0 fully saturated rings. The monoisotopic (exact) mass is 308 g/mol. The van der Waals surface area contributed by atoms with E-state index in [9.17, 15) is 4.79 Å². The van der Waals surface area contributed by atoms with Gasteiger partial charge in [-0.05, 0) is 36.8 Å². The number of hydrogen-bond donors (Lipinski definition) is 2. The molecule has 0 saturated heterocycles. The first-order chi connectivity index (χ1) is 11.2. The molecular formula is C18H16N2O3. The van der Waals surface area contributed by atoms with Crippen LogP contribution in [0.25, 0.3) is 10.9 Å². The van der Waals surface area contributed by atoms with Gasteiger partial charge < -0.3 is 19.8 Å². The maximum atomic E-state index is 12.4. The predicted molar refractivity (Wildman–Crippen MR) is 88.4 cm³/mol. The summed E-state index contributed by atoms with van der Waals surface area (Å²) in [5.41, 5.74) is 3.30. The van der Waals surface area contributed by atoms with Crippen LogP contribution in [0.4, 0.5) is 5.69 Å². The quantitative estimate of drug-likeness (QED) is 0.761. The van der Waals surface area contributed by atoms with Gasteiger partial charge in [-0.1, -0.05) is 12.1 Å². The number of aromatic amines is 1. The maximum absolute atomic E-state index is 12.4. The van der Waals surface area contributed by atoms with Gasteiger partial charge in [0.2, 0.25) is 0 Å². The van der Waals surface area contributed by atoms with Crippen molar-refractivity contribution in [1.82, 2.24) is 4.98 Å². The van der Waals surface area contributed by atoms with Gasteiger partial charge in [-0.2, -0.15) is 0 Å². The topological polar surface area (TPSA) is 63.4 Å². The Labute approximate surface area is 133 Å². The molecule has 0 atom stereocenters. The van der Waals surface area contributed by atoms with Crippen molar-refractivity contribution >= 4 is 22.5 Å². The predicted octanol–water partition coefficient (Wildman–Crippen LogP) is 3.50.